The van der Waals surface area contributed by atoms with E-state index >= 15 is 0 Å². The van der Waals surface area contributed by atoms with Gasteiger partial charge in [0.1, 0.15) is 9.84 Å². The normalized spacial score (nSPS) is 29.6. The Morgan fingerprint density at radius 2 is 1.50 bits per heavy atom. The van der Waals surface area contributed by atoms with E-state index < -0.39 is 25.1 Å². The highest BCUT2D eigenvalue weighted by atomic mass is 35.5. The van der Waals surface area contributed by atoms with E-state index in [1.54, 1.807) is 12.1 Å². The van der Waals surface area contributed by atoms with Crippen molar-refractivity contribution < 1.29 is 16.8 Å². The van der Waals surface area contributed by atoms with Crippen molar-refractivity contribution in [2.45, 2.75) is 47.9 Å². The van der Waals surface area contributed by atoms with Gasteiger partial charge in [0.2, 0.25) is 10.0 Å². The van der Waals surface area contributed by atoms with Gasteiger partial charge in [-0.15, -0.1) is 0 Å². The van der Waals surface area contributed by atoms with Crippen molar-refractivity contribution in [1.29, 1.82) is 0 Å². The van der Waals surface area contributed by atoms with E-state index in [9.17, 15) is 16.8 Å². The van der Waals surface area contributed by atoms with Crippen molar-refractivity contribution in [2.24, 2.45) is 0 Å². The predicted octanol–water partition coefficient (Wildman–Crippen LogP) is 2.07. The molecule has 0 saturated carbocycles. The largest absolute Gasteiger partial charge is 0.243 e. The number of nitrogens with zero attached hydrogens (tertiary/aromatic N) is 1. The Labute approximate surface area is 136 Å². The first-order valence-electron chi connectivity index (χ1n) is 7.17. The molecule has 0 spiro atoms. The summed E-state index contributed by atoms with van der Waals surface area (Å²) in [6, 6.07) is 5.66. The molecule has 2 fully saturated rings. The van der Waals surface area contributed by atoms with Crippen LogP contribution >= 0.6 is 11.6 Å². The quantitative estimate of drug-likeness (QED) is 0.824. The maximum atomic E-state index is 12.8. The number of sulfonamides is 1. The molecule has 2 saturated heterocycles. The van der Waals surface area contributed by atoms with Crippen LogP contribution in [0.5, 0.6) is 0 Å². The molecule has 2 unspecified atom stereocenters. The summed E-state index contributed by atoms with van der Waals surface area (Å²) < 4.78 is 50.8. The standard InChI is InChI=1S/C14H18ClNO4S2/c1-21(17,18)14-8-11-4-5-12(9-14)16(11)22(19,20)13-6-2-10(15)3-7-13/h2-3,6-7,11-12,14H,4-5,8-9H2,1H3. The van der Waals surface area contributed by atoms with E-state index in [1.807, 2.05) is 0 Å². The summed E-state index contributed by atoms with van der Waals surface area (Å²) in [7, 11) is -6.73. The average Bonchev–Trinajstić information content (AvgIpc) is 2.70. The number of sulfone groups is 1. The zero-order chi connectivity index (χ0) is 16.1. The molecule has 2 aliphatic rings. The number of rotatable bonds is 3. The van der Waals surface area contributed by atoms with Gasteiger partial charge in [-0.05, 0) is 49.9 Å². The van der Waals surface area contributed by atoms with Crippen molar-refractivity contribution in [3.05, 3.63) is 29.3 Å². The molecule has 0 N–H and O–H groups in total. The van der Waals surface area contributed by atoms with E-state index in [2.05, 4.69) is 0 Å². The molecule has 8 heteroatoms. The summed E-state index contributed by atoms with van der Waals surface area (Å²) in [5.41, 5.74) is 0. The molecule has 2 heterocycles. The van der Waals surface area contributed by atoms with Gasteiger partial charge in [-0.25, -0.2) is 16.8 Å². The maximum absolute atomic E-state index is 12.8. The summed E-state index contributed by atoms with van der Waals surface area (Å²) >= 11 is 5.81. The van der Waals surface area contributed by atoms with Crippen molar-refractivity contribution in [1.82, 2.24) is 4.31 Å². The lowest BCUT2D eigenvalue weighted by Crippen LogP contribution is -2.49. The van der Waals surface area contributed by atoms with E-state index in [1.165, 1.54) is 22.7 Å². The summed E-state index contributed by atoms with van der Waals surface area (Å²) in [5, 5.41) is 0.0550. The number of hydrogen-bond donors (Lipinski definition) is 0. The first-order valence-corrected chi connectivity index (χ1v) is 10.9. The molecule has 3 rings (SSSR count). The smallest absolute Gasteiger partial charge is 0.229 e. The van der Waals surface area contributed by atoms with Crippen LogP contribution in [0, 0.1) is 0 Å². The Balaban J connectivity index is 1.92. The highest BCUT2D eigenvalue weighted by molar-refractivity contribution is 7.91. The highest BCUT2D eigenvalue weighted by Gasteiger charge is 2.49. The van der Waals surface area contributed by atoms with E-state index in [4.69, 9.17) is 11.6 Å². The molecule has 2 atom stereocenters. The van der Waals surface area contributed by atoms with Gasteiger partial charge in [0, 0.05) is 23.4 Å². The zero-order valence-electron chi connectivity index (χ0n) is 12.1. The Bertz CT molecular complexity index is 760. The van der Waals surface area contributed by atoms with E-state index in [-0.39, 0.29) is 17.0 Å². The Hall–Kier alpha value is -0.630. The van der Waals surface area contributed by atoms with Gasteiger partial charge in [-0.3, -0.25) is 0 Å². The molecular formula is C14H18ClNO4S2. The average molecular weight is 364 g/mol. The van der Waals surface area contributed by atoms with E-state index in [0.717, 1.165) is 12.8 Å². The van der Waals surface area contributed by atoms with Gasteiger partial charge in [-0.2, -0.15) is 4.31 Å². The van der Waals surface area contributed by atoms with Gasteiger partial charge < -0.3 is 0 Å². The molecule has 0 radical (unpaired) electrons. The topological polar surface area (TPSA) is 71.5 Å². The van der Waals surface area contributed by atoms with Gasteiger partial charge >= 0.3 is 0 Å². The number of benzene rings is 1. The fourth-order valence-electron chi connectivity index (χ4n) is 3.55. The van der Waals surface area contributed by atoms with E-state index in [0.29, 0.717) is 17.9 Å². The number of fused-ring (bicyclic) bond motifs is 2. The molecule has 122 valence electrons. The van der Waals surface area contributed by atoms with Crippen molar-refractivity contribution in [3.63, 3.8) is 0 Å². The SMILES string of the molecule is CS(=O)(=O)C1CC2CCC(C1)N2S(=O)(=O)c1ccc(Cl)cc1. The van der Waals surface area contributed by atoms with Gasteiger partial charge in [-0.1, -0.05) is 11.6 Å². The second-order valence-electron chi connectivity index (χ2n) is 6.10. The Morgan fingerprint density at radius 1 is 1.00 bits per heavy atom. The fourth-order valence-corrected chi connectivity index (χ4v) is 6.72. The molecule has 22 heavy (non-hydrogen) atoms. The number of hydrogen-bond acceptors (Lipinski definition) is 4. The number of halogens is 1. The molecule has 0 aromatic heterocycles. The Morgan fingerprint density at radius 3 is 1.95 bits per heavy atom. The van der Waals surface area contributed by atoms with Crippen LogP contribution in [0.25, 0.3) is 0 Å². The summed E-state index contributed by atoms with van der Waals surface area (Å²) in [4.78, 5) is 0.214. The van der Waals surface area contributed by atoms with Crippen LogP contribution < -0.4 is 0 Å². The maximum Gasteiger partial charge on any atom is 0.243 e. The molecule has 1 aromatic carbocycles. The van der Waals surface area contributed by atoms with Crippen LogP contribution in [0.15, 0.2) is 29.2 Å². The van der Waals surface area contributed by atoms with Crippen molar-refractivity contribution in [3.8, 4) is 0 Å². The number of piperidine rings is 1. The van der Waals surface area contributed by atoms with Crippen LogP contribution in [0.1, 0.15) is 25.7 Å². The minimum absolute atomic E-state index is 0.214. The Kier molecular flexibility index (Phi) is 4.04. The van der Waals surface area contributed by atoms with Crippen molar-refractivity contribution >= 4 is 31.5 Å². The fraction of sp³-hybridized carbons (Fsp3) is 0.571. The summed E-state index contributed by atoms with van der Waals surface area (Å²) in [6.07, 6.45) is 3.47. The van der Waals surface area contributed by atoms with Gasteiger partial charge in [0.15, 0.2) is 0 Å². The molecule has 0 aliphatic carbocycles. The molecule has 5 nitrogen and oxygen atoms in total. The molecule has 1 aromatic rings. The molecule has 2 aliphatic heterocycles. The minimum atomic E-state index is -3.60. The first kappa shape index (κ1) is 16.2. The lowest BCUT2D eigenvalue weighted by atomic mass is 10.1. The summed E-state index contributed by atoms with van der Waals surface area (Å²) in [5.74, 6) is 0. The molecule has 0 amide bonds. The minimum Gasteiger partial charge on any atom is -0.229 e. The van der Waals surface area contributed by atoms with Crippen LogP contribution in [0.3, 0.4) is 0 Å². The summed E-state index contributed by atoms with van der Waals surface area (Å²) in [6.45, 7) is 0. The predicted molar refractivity (Wildman–Crippen MR) is 85.2 cm³/mol. The highest BCUT2D eigenvalue weighted by Crippen LogP contribution is 2.41. The van der Waals surface area contributed by atoms with Crippen LogP contribution in [0.4, 0.5) is 0 Å². The van der Waals surface area contributed by atoms with Gasteiger partial charge in [0.05, 0.1) is 10.1 Å². The van der Waals surface area contributed by atoms with Crippen LogP contribution in [-0.2, 0) is 19.9 Å². The third kappa shape index (κ3) is 2.79. The lowest BCUT2D eigenvalue weighted by Gasteiger charge is -2.37. The van der Waals surface area contributed by atoms with Gasteiger partial charge in [0.25, 0.3) is 0 Å². The molecular weight excluding hydrogens is 346 g/mol. The van der Waals surface area contributed by atoms with Crippen molar-refractivity contribution in [2.75, 3.05) is 6.26 Å². The molecule has 2 bridgehead atoms. The monoisotopic (exact) mass is 363 g/mol. The second-order valence-corrected chi connectivity index (χ2v) is 10.7. The zero-order valence-corrected chi connectivity index (χ0v) is 14.5. The third-order valence-electron chi connectivity index (χ3n) is 4.62. The first-order chi connectivity index (χ1) is 10.2. The third-order valence-corrected chi connectivity index (χ3v) is 8.48. The van der Waals surface area contributed by atoms with Crippen LogP contribution in [-0.4, -0.2) is 44.7 Å². The second kappa shape index (κ2) is 5.47. The van der Waals surface area contributed by atoms with Crippen LogP contribution in [0.2, 0.25) is 5.02 Å². The lowest BCUT2D eigenvalue weighted by molar-refractivity contribution is 0.249.